The number of anilines is 1. The van der Waals surface area contributed by atoms with Crippen LogP contribution in [0.15, 0.2) is 47.6 Å². The van der Waals surface area contributed by atoms with Crippen molar-refractivity contribution in [3.8, 4) is 17.2 Å². The fraction of sp³-hybridized carbons (Fsp3) is 0.423. The number of carbonyl (C=O) groups is 1. The fourth-order valence-corrected chi connectivity index (χ4v) is 5.25. The normalized spacial score (nSPS) is 15.2. The van der Waals surface area contributed by atoms with E-state index in [4.69, 9.17) is 9.47 Å². The number of aromatic nitrogens is 3. The molecule has 2 aliphatic rings. The van der Waals surface area contributed by atoms with Crippen molar-refractivity contribution in [3.05, 3.63) is 53.6 Å². The second kappa shape index (κ2) is 10.6. The molecule has 0 spiro atoms. The van der Waals surface area contributed by atoms with E-state index in [9.17, 15) is 4.79 Å². The summed E-state index contributed by atoms with van der Waals surface area (Å²) in [6.45, 7) is 5.64. The Bertz CT molecular complexity index is 1170. The highest BCUT2D eigenvalue weighted by atomic mass is 32.2. The van der Waals surface area contributed by atoms with Gasteiger partial charge in [-0.25, -0.2) is 0 Å². The molecule has 1 fully saturated rings. The number of nitrogens with zero attached hydrogens (tertiary/aromatic N) is 5. The summed E-state index contributed by atoms with van der Waals surface area (Å²) in [5.41, 5.74) is 3.22. The predicted molar refractivity (Wildman–Crippen MR) is 137 cm³/mol. The van der Waals surface area contributed by atoms with Crippen molar-refractivity contribution in [1.29, 1.82) is 0 Å². The molecule has 9 heteroatoms. The van der Waals surface area contributed by atoms with Crippen molar-refractivity contribution >= 4 is 23.6 Å². The number of benzene rings is 2. The van der Waals surface area contributed by atoms with Crippen LogP contribution in [-0.4, -0.2) is 64.7 Å². The van der Waals surface area contributed by atoms with E-state index in [-0.39, 0.29) is 11.7 Å². The summed E-state index contributed by atoms with van der Waals surface area (Å²) in [5.74, 6) is 2.66. The average Bonchev–Trinajstić information content (AvgIpc) is 3.32. The first-order valence-electron chi connectivity index (χ1n) is 12.1. The maximum atomic E-state index is 13.0. The van der Waals surface area contributed by atoms with E-state index in [2.05, 4.69) is 50.9 Å². The van der Waals surface area contributed by atoms with Crippen LogP contribution in [-0.2, 0) is 11.3 Å². The summed E-state index contributed by atoms with van der Waals surface area (Å²) >= 11 is 1.43. The van der Waals surface area contributed by atoms with Gasteiger partial charge in [0.25, 0.3) is 0 Å². The SMILES string of the molecule is Cc1ccc(-n2c(SCC(=O)N(C)Cc3ccc4c(c3)OCCO4)nnc2N2CCCCC2)cc1. The third-order valence-corrected chi connectivity index (χ3v) is 7.24. The highest BCUT2D eigenvalue weighted by Crippen LogP contribution is 2.32. The molecular weight excluding hydrogens is 462 g/mol. The van der Waals surface area contributed by atoms with Crippen molar-refractivity contribution in [2.75, 3.05) is 44.0 Å². The monoisotopic (exact) mass is 493 g/mol. The van der Waals surface area contributed by atoms with E-state index in [0.717, 1.165) is 59.8 Å². The van der Waals surface area contributed by atoms with Crippen LogP contribution in [0, 0.1) is 6.92 Å². The maximum Gasteiger partial charge on any atom is 0.233 e. The summed E-state index contributed by atoms with van der Waals surface area (Å²) in [5, 5.41) is 9.76. The number of carbonyl (C=O) groups excluding carboxylic acids is 1. The molecule has 184 valence electrons. The van der Waals surface area contributed by atoms with Gasteiger partial charge in [-0.15, -0.1) is 10.2 Å². The molecule has 0 N–H and O–H groups in total. The summed E-state index contributed by atoms with van der Waals surface area (Å²) in [6.07, 6.45) is 3.57. The highest BCUT2D eigenvalue weighted by Gasteiger charge is 2.23. The molecule has 1 saturated heterocycles. The third kappa shape index (κ3) is 5.40. The van der Waals surface area contributed by atoms with Gasteiger partial charge >= 0.3 is 0 Å². The van der Waals surface area contributed by atoms with Crippen LogP contribution in [0.4, 0.5) is 5.95 Å². The number of piperidine rings is 1. The number of ether oxygens (including phenoxy) is 2. The maximum absolute atomic E-state index is 13.0. The molecule has 35 heavy (non-hydrogen) atoms. The Morgan fingerprint density at radius 2 is 1.74 bits per heavy atom. The molecule has 0 aliphatic carbocycles. The number of fused-ring (bicyclic) bond motifs is 1. The van der Waals surface area contributed by atoms with Gasteiger partial charge in [-0.1, -0.05) is 35.5 Å². The second-order valence-electron chi connectivity index (χ2n) is 9.02. The molecule has 0 bridgehead atoms. The average molecular weight is 494 g/mol. The van der Waals surface area contributed by atoms with Gasteiger partial charge in [0, 0.05) is 26.7 Å². The van der Waals surface area contributed by atoms with Gasteiger partial charge in [0.05, 0.1) is 11.4 Å². The number of aryl methyl sites for hydroxylation is 1. The van der Waals surface area contributed by atoms with Crippen molar-refractivity contribution in [3.63, 3.8) is 0 Å². The van der Waals surface area contributed by atoms with Crippen molar-refractivity contribution < 1.29 is 14.3 Å². The molecule has 1 amide bonds. The number of amides is 1. The molecule has 3 aromatic rings. The van der Waals surface area contributed by atoms with E-state index in [1.165, 1.54) is 23.7 Å². The van der Waals surface area contributed by atoms with Crippen LogP contribution < -0.4 is 14.4 Å². The minimum absolute atomic E-state index is 0.0304. The van der Waals surface area contributed by atoms with Gasteiger partial charge in [-0.05, 0) is 56.0 Å². The van der Waals surface area contributed by atoms with Crippen LogP contribution in [0.2, 0.25) is 0 Å². The van der Waals surface area contributed by atoms with Crippen LogP contribution in [0.3, 0.4) is 0 Å². The van der Waals surface area contributed by atoms with E-state index >= 15 is 0 Å². The lowest BCUT2D eigenvalue weighted by molar-refractivity contribution is -0.127. The van der Waals surface area contributed by atoms with Crippen molar-refractivity contribution in [1.82, 2.24) is 19.7 Å². The van der Waals surface area contributed by atoms with Gasteiger partial charge in [0.15, 0.2) is 16.7 Å². The minimum atomic E-state index is 0.0304. The lowest BCUT2D eigenvalue weighted by Gasteiger charge is -2.27. The molecule has 0 atom stereocenters. The molecule has 0 saturated carbocycles. The van der Waals surface area contributed by atoms with Crippen molar-refractivity contribution in [2.45, 2.75) is 37.9 Å². The predicted octanol–water partition coefficient (Wildman–Crippen LogP) is 4.09. The standard InChI is InChI=1S/C26H31N5O3S/c1-19-6-9-21(10-7-19)31-25(30-12-4-3-5-13-30)27-28-26(31)35-18-24(32)29(2)17-20-8-11-22-23(16-20)34-15-14-33-22/h6-11,16H,3-5,12-15,17-18H2,1-2H3. The summed E-state index contributed by atoms with van der Waals surface area (Å²) in [4.78, 5) is 17.0. The van der Waals surface area contributed by atoms with Gasteiger partial charge in [-0.3, -0.25) is 9.36 Å². The molecule has 3 heterocycles. The van der Waals surface area contributed by atoms with Gasteiger partial charge in [0.1, 0.15) is 13.2 Å². The second-order valence-corrected chi connectivity index (χ2v) is 9.96. The third-order valence-electron chi connectivity index (χ3n) is 6.32. The van der Waals surface area contributed by atoms with Crippen LogP contribution in [0.1, 0.15) is 30.4 Å². The number of hydrogen-bond acceptors (Lipinski definition) is 7. The zero-order valence-electron chi connectivity index (χ0n) is 20.3. The van der Waals surface area contributed by atoms with E-state index < -0.39 is 0 Å². The lowest BCUT2D eigenvalue weighted by atomic mass is 10.1. The Morgan fingerprint density at radius 1 is 1.00 bits per heavy atom. The zero-order chi connectivity index (χ0) is 24.2. The number of rotatable bonds is 7. The quantitative estimate of drug-likeness (QED) is 0.459. The van der Waals surface area contributed by atoms with Gasteiger partial charge in [-0.2, -0.15) is 0 Å². The number of thioether (sulfide) groups is 1. The molecule has 0 unspecified atom stereocenters. The Morgan fingerprint density at radius 3 is 2.51 bits per heavy atom. The van der Waals surface area contributed by atoms with Crippen LogP contribution >= 0.6 is 11.8 Å². The molecular formula is C26H31N5O3S. The smallest absolute Gasteiger partial charge is 0.233 e. The van der Waals surface area contributed by atoms with Crippen molar-refractivity contribution in [2.24, 2.45) is 0 Å². The van der Waals surface area contributed by atoms with E-state index in [1.807, 2.05) is 25.2 Å². The summed E-state index contributed by atoms with van der Waals surface area (Å²) < 4.78 is 13.3. The Labute approximate surface area is 210 Å². The molecule has 2 aromatic carbocycles. The first kappa shape index (κ1) is 23.5. The van der Waals surface area contributed by atoms with E-state index in [1.54, 1.807) is 4.90 Å². The zero-order valence-corrected chi connectivity index (χ0v) is 21.1. The first-order chi connectivity index (χ1) is 17.1. The molecule has 1 aromatic heterocycles. The Balaban J connectivity index is 1.29. The summed E-state index contributed by atoms with van der Waals surface area (Å²) in [6, 6.07) is 14.2. The largest absolute Gasteiger partial charge is 0.486 e. The van der Waals surface area contributed by atoms with Crippen LogP contribution in [0.25, 0.3) is 5.69 Å². The van der Waals surface area contributed by atoms with Gasteiger partial charge < -0.3 is 19.3 Å². The lowest BCUT2D eigenvalue weighted by Crippen LogP contribution is -2.31. The molecule has 0 radical (unpaired) electrons. The fourth-order valence-electron chi connectivity index (χ4n) is 4.36. The van der Waals surface area contributed by atoms with E-state index in [0.29, 0.717) is 19.8 Å². The minimum Gasteiger partial charge on any atom is -0.486 e. The number of hydrogen-bond donors (Lipinski definition) is 0. The summed E-state index contributed by atoms with van der Waals surface area (Å²) in [7, 11) is 1.82. The topological polar surface area (TPSA) is 72.7 Å². The Hall–Kier alpha value is -3.20. The molecule has 8 nitrogen and oxygen atoms in total. The highest BCUT2D eigenvalue weighted by molar-refractivity contribution is 7.99. The van der Waals surface area contributed by atoms with Gasteiger partial charge in [0.2, 0.25) is 11.9 Å². The van der Waals surface area contributed by atoms with Crippen LogP contribution in [0.5, 0.6) is 11.5 Å². The molecule has 2 aliphatic heterocycles. The Kier molecular flexibility index (Phi) is 7.13. The first-order valence-corrected chi connectivity index (χ1v) is 13.1. The molecule has 5 rings (SSSR count).